The molecule has 2 fully saturated rings. The van der Waals surface area contributed by atoms with Crippen LogP contribution in [0.15, 0.2) is 0 Å². The molecule has 2 saturated heterocycles. The van der Waals surface area contributed by atoms with E-state index in [9.17, 15) is 20.1 Å². The molecule has 2 aliphatic rings. The third-order valence-electron chi connectivity index (χ3n) is 4.71. The summed E-state index contributed by atoms with van der Waals surface area (Å²) in [6, 6.07) is -0.177. The summed E-state index contributed by atoms with van der Waals surface area (Å²) in [7, 11) is 0. The zero-order valence-electron chi connectivity index (χ0n) is 12.3. The molecule has 0 saturated carbocycles. The van der Waals surface area contributed by atoms with Gasteiger partial charge < -0.3 is 20.1 Å². The van der Waals surface area contributed by atoms with Crippen molar-refractivity contribution in [2.75, 3.05) is 13.1 Å². The number of ether oxygens (including phenoxy) is 1. The lowest BCUT2D eigenvalue weighted by atomic mass is 9.85. The van der Waals surface area contributed by atoms with Crippen molar-refractivity contribution in [1.82, 2.24) is 4.90 Å². The normalized spacial score (nSPS) is 34.9. The van der Waals surface area contributed by atoms with Gasteiger partial charge in [0, 0.05) is 13.1 Å². The zero-order valence-corrected chi connectivity index (χ0v) is 12.3. The van der Waals surface area contributed by atoms with Gasteiger partial charge in [-0.2, -0.15) is 0 Å². The van der Waals surface area contributed by atoms with Crippen LogP contribution >= 0.6 is 0 Å². The number of rotatable bonds is 4. The molecule has 0 radical (unpaired) electrons. The van der Waals surface area contributed by atoms with Crippen LogP contribution in [-0.2, 0) is 9.53 Å². The minimum atomic E-state index is -1.91. The van der Waals surface area contributed by atoms with Crippen LogP contribution in [0.5, 0.6) is 0 Å². The largest absolute Gasteiger partial charge is 0.458 e. The molecule has 0 amide bonds. The number of hydrogen-bond acceptors (Lipinski definition) is 6. The third-order valence-corrected chi connectivity index (χ3v) is 4.71. The van der Waals surface area contributed by atoms with Gasteiger partial charge in [0.15, 0.2) is 5.60 Å². The first-order chi connectivity index (χ1) is 9.28. The van der Waals surface area contributed by atoms with Gasteiger partial charge in [0.2, 0.25) is 0 Å². The average molecular weight is 287 g/mol. The van der Waals surface area contributed by atoms with Crippen molar-refractivity contribution in [3.63, 3.8) is 0 Å². The molecule has 5 atom stereocenters. The summed E-state index contributed by atoms with van der Waals surface area (Å²) in [5, 5.41) is 30.1. The van der Waals surface area contributed by atoms with Gasteiger partial charge in [-0.25, -0.2) is 4.79 Å². The predicted octanol–water partition coefficient (Wildman–Crippen LogP) is -0.495. The number of hydrogen-bond donors (Lipinski definition) is 3. The highest BCUT2D eigenvalue weighted by Gasteiger charge is 2.50. The van der Waals surface area contributed by atoms with E-state index in [0.717, 1.165) is 13.1 Å². The Kier molecular flexibility index (Phi) is 4.39. The molecular formula is C14H25NO5. The number of esters is 1. The maximum absolute atomic E-state index is 12.3. The van der Waals surface area contributed by atoms with Crippen molar-refractivity contribution in [3.05, 3.63) is 0 Å². The van der Waals surface area contributed by atoms with Crippen molar-refractivity contribution < 1.29 is 24.9 Å². The lowest BCUT2D eigenvalue weighted by Crippen LogP contribution is -2.55. The van der Waals surface area contributed by atoms with Crippen LogP contribution < -0.4 is 0 Å². The van der Waals surface area contributed by atoms with Gasteiger partial charge in [0.05, 0.1) is 18.2 Å². The van der Waals surface area contributed by atoms with Crippen LogP contribution in [0.4, 0.5) is 0 Å². The Balaban J connectivity index is 2.07. The number of aliphatic hydroxyl groups is 3. The van der Waals surface area contributed by atoms with E-state index in [0.29, 0.717) is 12.8 Å². The minimum Gasteiger partial charge on any atom is -0.458 e. The highest BCUT2D eigenvalue weighted by molar-refractivity contribution is 5.80. The van der Waals surface area contributed by atoms with E-state index in [1.54, 1.807) is 13.8 Å². The van der Waals surface area contributed by atoms with Crippen LogP contribution in [-0.4, -0.2) is 69.2 Å². The van der Waals surface area contributed by atoms with Crippen LogP contribution in [0.3, 0.4) is 0 Å². The summed E-state index contributed by atoms with van der Waals surface area (Å²) in [5.41, 5.74) is -1.91. The highest BCUT2D eigenvalue weighted by atomic mass is 16.6. The Labute approximate surface area is 119 Å². The van der Waals surface area contributed by atoms with Crippen LogP contribution in [0.1, 0.15) is 33.6 Å². The second-order valence-electron chi connectivity index (χ2n) is 6.27. The van der Waals surface area contributed by atoms with Gasteiger partial charge in [-0.05, 0) is 25.7 Å². The lowest BCUT2D eigenvalue weighted by molar-refractivity contribution is -0.191. The molecule has 2 heterocycles. The molecule has 0 aliphatic carbocycles. The van der Waals surface area contributed by atoms with Crippen molar-refractivity contribution in [2.24, 2.45) is 5.92 Å². The Morgan fingerprint density at radius 1 is 1.30 bits per heavy atom. The standard InChI is InChI=1S/C14H25NO5/c1-8(2)14(19,9(3)16)13(18)20-11-5-7-15-6-4-10(17)12(11)15/h8-12,16-17,19H,4-7H2,1-3H3/t9-,10+,11-,12+,14-/m0/s1. The first-order valence-corrected chi connectivity index (χ1v) is 7.32. The first-order valence-electron chi connectivity index (χ1n) is 7.32. The highest BCUT2D eigenvalue weighted by Crippen LogP contribution is 2.32. The fourth-order valence-electron chi connectivity index (χ4n) is 3.32. The predicted molar refractivity (Wildman–Crippen MR) is 72.0 cm³/mol. The molecule has 0 aromatic heterocycles. The summed E-state index contributed by atoms with van der Waals surface area (Å²) >= 11 is 0. The molecule has 6 nitrogen and oxygen atoms in total. The molecule has 3 N–H and O–H groups in total. The van der Waals surface area contributed by atoms with Crippen molar-refractivity contribution in [3.8, 4) is 0 Å². The molecule has 0 aromatic carbocycles. The maximum Gasteiger partial charge on any atom is 0.341 e. The van der Waals surface area contributed by atoms with E-state index in [4.69, 9.17) is 4.74 Å². The van der Waals surface area contributed by atoms with Gasteiger partial charge in [-0.3, -0.25) is 4.90 Å². The Bertz CT molecular complexity index is 363. The molecule has 6 heteroatoms. The molecule has 0 bridgehead atoms. The fraction of sp³-hybridized carbons (Fsp3) is 0.929. The third kappa shape index (κ3) is 2.45. The molecule has 0 aromatic rings. The second-order valence-corrected chi connectivity index (χ2v) is 6.27. The van der Waals surface area contributed by atoms with Crippen LogP contribution in [0, 0.1) is 5.92 Å². The smallest absolute Gasteiger partial charge is 0.341 e. The summed E-state index contributed by atoms with van der Waals surface area (Å²) < 4.78 is 5.43. The topological polar surface area (TPSA) is 90.2 Å². The number of aliphatic hydroxyl groups excluding tert-OH is 2. The Morgan fingerprint density at radius 3 is 2.45 bits per heavy atom. The monoisotopic (exact) mass is 287 g/mol. The molecule has 2 aliphatic heterocycles. The Morgan fingerprint density at radius 2 is 1.90 bits per heavy atom. The number of nitrogens with zero attached hydrogens (tertiary/aromatic N) is 1. The number of carbonyl (C=O) groups is 1. The van der Waals surface area contributed by atoms with Gasteiger partial charge in [-0.1, -0.05) is 13.8 Å². The summed E-state index contributed by atoms with van der Waals surface area (Å²) in [5.74, 6) is -1.26. The van der Waals surface area contributed by atoms with E-state index < -0.39 is 35.8 Å². The molecule has 20 heavy (non-hydrogen) atoms. The van der Waals surface area contributed by atoms with Crippen molar-refractivity contribution >= 4 is 5.97 Å². The molecule has 116 valence electrons. The fourth-order valence-corrected chi connectivity index (χ4v) is 3.32. The van der Waals surface area contributed by atoms with Gasteiger partial charge in [0.1, 0.15) is 6.10 Å². The first kappa shape index (κ1) is 15.7. The quantitative estimate of drug-likeness (QED) is 0.604. The second kappa shape index (κ2) is 5.60. The Hall–Kier alpha value is -0.690. The van der Waals surface area contributed by atoms with E-state index in [1.165, 1.54) is 6.92 Å². The maximum atomic E-state index is 12.3. The van der Waals surface area contributed by atoms with Gasteiger partial charge >= 0.3 is 5.97 Å². The molecule has 0 spiro atoms. The average Bonchev–Trinajstić information content (AvgIpc) is 2.92. The van der Waals surface area contributed by atoms with E-state index in [2.05, 4.69) is 4.90 Å². The van der Waals surface area contributed by atoms with E-state index >= 15 is 0 Å². The molecule has 2 rings (SSSR count). The number of carbonyl (C=O) groups excluding carboxylic acids is 1. The summed E-state index contributed by atoms with van der Waals surface area (Å²) in [6.07, 6.45) is -0.774. The SMILES string of the molecule is CC(C)[C@@](O)(C(=O)O[C@H]1CCN2CC[C@@H](O)[C@H]12)[C@H](C)O. The van der Waals surface area contributed by atoms with Gasteiger partial charge in [0.25, 0.3) is 0 Å². The minimum absolute atomic E-state index is 0.177. The van der Waals surface area contributed by atoms with Gasteiger partial charge in [-0.15, -0.1) is 0 Å². The zero-order chi connectivity index (χ0) is 15.1. The lowest BCUT2D eigenvalue weighted by Gasteiger charge is -2.34. The van der Waals surface area contributed by atoms with Crippen molar-refractivity contribution in [1.29, 1.82) is 0 Å². The van der Waals surface area contributed by atoms with E-state index in [-0.39, 0.29) is 6.04 Å². The van der Waals surface area contributed by atoms with Crippen LogP contribution in [0.2, 0.25) is 0 Å². The molecule has 0 unspecified atom stereocenters. The molecular weight excluding hydrogens is 262 g/mol. The van der Waals surface area contributed by atoms with E-state index in [1.807, 2.05) is 0 Å². The number of fused-ring (bicyclic) bond motifs is 1. The van der Waals surface area contributed by atoms with Crippen LogP contribution in [0.25, 0.3) is 0 Å². The van der Waals surface area contributed by atoms with Crippen molar-refractivity contribution in [2.45, 2.75) is 63.6 Å². The summed E-state index contributed by atoms with van der Waals surface area (Å²) in [4.78, 5) is 14.4. The summed E-state index contributed by atoms with van der Waals surface area (Å²) in [6.45, 7) is 6.31.